The van der Waals surface area contributed by atoms with Crippen LogP contribution in [0.1, 0.15) is 0 Å². The lowest BCUT2D eigenvalue weighted by atomic mass is 9.95. The Morgan fingerprint density at radius 3 is 2.92 bits per heavy atom. The van der Waals surface area contributed by atoms with Crippen LogP contribution in [0, 0.1) is 5.82 Å². The van der Waals surface area contributed by atoms with Gasteiger partial charge in [0.1, 0.15) is 26.0 Å². The third-order valence-corrected chi connectivity index (χ3v) is 1.50. The second kappa shape index (κ2) is 4.11. The second-order valence-corrected chi connectivity index (χ2v) is 2.48. The predicted octanol–water partition coefficient (Wildman–Crippen LogP) is -0.545. The topological polar surface area (TPSA) is 29.5 Å². The van der Waals surface area contributed by atoms with Crippen LogP contribution in [0.3, 0.4) is 0 Å². The van der Waals surface area contributed by atoms with E-state index >= 15 is 0 Å². The second-order valence-electron chi connectivity index (χ2n) is 2.48. The van der Waals surface area contributed by atoms with Gasteiger partial charge in [-0.2, -0.15) is 0 Å². The molecule has 0 amide bonds. The molecule has 1 N–H and O–H groups in total. The van der Waals surface area contributed by atoms with E-state index in [-0.39, 0.29) is 19.0 Å². The highest BCUT2D eigenvalue weighted by Gasteiger charge is 1.99. The zero-order chi connectivity index (χ0) is 8.97. The van der Waals surface area contributed by atoms with E-state index in [1.54, 1.807) is 6.07 Å². The number of aliphatic hydroxyl groups is 1. The molecule has 4 heteroatoms. The molecule has 0 saturated heterocycles. The largest absolute Gasteiger partial charge is 0.492 e. The highest BCUT2D eigenvalue weighted by atomic mass is 19.1. The SMILES string of the molecule is Bc1ccc(F)cc1OCCO. The molecule has 12 heavy (non-hydrogen) atoms. The van der Waals surface area contributed by atoms with Crippen LogP contribution in [0.2, 0.25) is 0 Å². The number of halogens is 1. The number of hydrogen-bond donors (Lipinski definition) is 1. The number of benzene rings is 1. The Balaban J connectivity index is 2.75. The number of rotatable bonds is 3. The molecule has 1 aromatic rings. The molecule has 0 fully saturated rings. The minimum absolute atomic E-state index is 0.0596. The van der Waals surface area contributed by atoms with Crippen LogP contribution >= 0.6 is 0 Å². The van der Waals surface area contributed by atoms with Crippen molar-refractivity contribution in [3.05, 3.63) is 24.0 Å². The van der Waals surface area contributed by atoms with E-state index in [1.807, 2.05) is 7.85 Å². The summed E-state index contributed by atoms with van der Waals surface area (Å²) in [7, 11) is 1.83. The van der Waals surface area contributed by atoms with Crippen LogP contribution in [0.25, 0.3) is 0 Å². The predicted molar refractivity (Wildman–Crippen MR) is 47.2 cm³/mol. The van der Waals surface area contributed by atoms with Crippen molar-refractivity contribution in [1.82, 2.24) is 0 Å². The molecule has 0 radical (unpaired) electrons. The molecule has 1 rings (SSSR count). The molecular weight excluding hydrogens is 158 g/mol. The van der Waals surface area contributed by atoms with Gasteiger partial charge < -0.3 is 9.84 Å². The quantitative estimate of drug-likeness (QED) is 0.614. The lowest BCUT2D eigenvalue weighted by Crippen LogP contribution is -2.12. The summed E-state index contributed by atoms with van der Waals surface area (Å²) >= 11 is 0. The van der Waals surface area contributed by atoms with E-state index in [0.29, 0.717) is 5.75 Å². The molecule has 0 aromatic heterocycles. The standard InChI is InChI=1S/C8H10BFO2/c9-7-2-1-6(10)5-8(7)12-4-3-11/h1-2,5,11H,3-4,9H2. The van der Waals surface area contributed by atoms with Crippen molar-refractivity contribution in [2.24, 2.45) is 0 Å². The molecule has 0 aliphatic carbocycles. The first-order valence-corrected chi connectivity index (χ1v) is 3.74. The Bertz CT molecular complexity index is 265. The third-order valence-electron chi connectivity index (χ3n) is 1.50. The molecule has 0 atom stereocenters. The summed E-state index contributed by atoms with van der Waals surface area (Å²) in [4.78, 5) is 0. The van der Waals surface area contributed by atoms with E-state index < -0.39 is 0 Å². The Morgan fingerprint density at radius 1 is 1.50 bits per heavy atom. The minimum atomic E-state index is -0.325. The van der Waals surface area contributed by atoms with Crippen LogP contribution < -0.4 is 10.2 Å². The number of ether oxygens (including phenoxy) is 1. The van der Waals surface area contributed by atoms with Crippen molar-refractivity contribution in [2.75, 3.05) is 13.2 Å². The fourth-order valence-corrected chi connectivity index (χ4v) is 0.885. The van der Waals surface area contributed by atoms with Crippen molar-refractivity contribution in [3.63, 3.8) is 0 Å². The van der Waals surface area contributed by atoms with E-state index in [2.05, 4.69) is 0 Å². The summed E-state index contributed by atoms with van der Waals surface area (Å²) in [5.41, 5.74) is 0.866. The van der Waals surface area contributed by atoms with E-state index in [9.17, 15) is 4.39 Å². The van der Waals surface area contributed by atoms with Crippen molar-refractivity contribution in [1.29, 1.82) is 0 Å². The molecule has 64 valence electrons. The van der Waals surface area contributed by atoms with Gasteiger partial charge in [-0.05, 0) is 11.5 Å². The van der Waals surface area contributed by atoms with Crippen molar-refractivity contribution >= 4 is 13.3 Å². The van der Waals surface area contributed by atoms with Gasteiger partial charge in [0.15, 0.2) is 0 Å². The lowest BCUT2D eigenvalue weighted by molar-refractivity contribution is 0.202. The van der Waals surface area contributed by atoms with Gasteiger partial charge >= 0.3 is 0 Å². The molecular formula is C8H10BFO2. The summed E-state index contributed by atoms with van der Waals surface area (Å²) in [5, 5.41) is 8.47. The molecule has 1 aromatic carbocycles. The Hall–Kier alpha value is -1.03. The highest BCUT2D eigenvalue weighted by molar-refractivity contribution is 6.34. The van der Waals surface area contributed by atoms with Gasteiger partial charge in [0, 0.05) is 6.07 Å². The van der Waals surface area contributed by atoms with Crippen molar-refractivity contribution < 1.29 is 14.2 Å². The average molecular weight is 168 g/mol. The summed E-state index contributed by atoms with van der Waals surface area (Å²) < 4.78 is 17.7. The van der Waals surface area contributed by atoms with Gasteiger partial charge in [-0.25, -0.2) is 4.39 Å². The fourth-order valence-electron chi connectivity index (χ4n) is 0.885. The molecule has 0 saturated carbocycles. The molecule has 0 heterocycles. The maximum absolute atomic E-state index is 12.6. The summed E-state index contributed by atoms with van der Waals surface area (Å²) in [6.07, 6.45) is 0. The first-order chi connectivity index (χ1) is 5.74. The molecule has 0 aliphatic rings. The Kier molecular flexibility index (Phi) is 3.11. The van der Waals surface area contributed by atoms with E-state index in [4.69, 9.17) is 9.84 Å². The van der Waals surface area contributed by atoms with Crippen LogP contribution in [0.4, 0.5) is 4.39 Å². The summed E-state index contributed by atoms with van der Waals surface area (Å²) in [6.45, 7) is 0.139. The van der Waals surface area contributed by atoms with Crippen molar-refractivity contribution in [2.45, 2.75) is 0 Å². The average Bonchev–Trinajstić information content (AvgIpc) is 2.07. The van der Waals surface area contributed by atoms with Crippen LogP contribution in [0.15, 0.2) is 18.2 Å². The first-order valence-electron chi connectivity index (χ1n) is 3.74. The lowest BCUT2D eigenvalue weighted by Gasteiger charge is -2.06. The van der Waals surface area contributed by atoms with Gasteiger partial charge in [0.05, 0.1) is 6.61 Å². The van der Waals surface area contributed by atoms with Crippen LogP contribution in [-0.2, 0) is 0 Å². The van der Waals surface area contributed by atoms with Crippen LogP contribution in [0.5, 0.6) is 5.75 Å². The maximum Gasteiger partial charge on any atom is 0.144 e. The number of aliphatic hydroxyl groups excluding tert-OH is 1. The molecule has 2 nitrogen and oxygen atoms in total. The smallest absolute Gasteiger partial charge is 0.144 e. The molecule has 0 aliphatic heterocycles. The van der Waals surface area contributed by atoms with Gasteiger partial charge in [-0.1, -0.05) is 6.07 Å². The number of hydrogen-bond acceptors (Lipinski definition) is 2. The van der Waals surface area contributed by atoms with Crippen LogP contribution in [-0.4, -0.2) is 26.2 Å². The zero-order valence-corrected chi connectivity index (χ0v) is 6.88. The third kappa shape index (κ3) is 2.24. The Morgan fingerprint density at radius 2 is 2.25 bits per heavy atom. The zero-order valence-electron chi connectivity index (χ0n) is 6.88. The molecule has 0 spiro atoms. The maximum atomic E-state index is 12.6. The van der Waals surface area contributed by atoms with Gasteiger partial charge in [-0.3, -0.25) is 0 Å². The normalized spacial score (nSPS) is 9.83. The first kappa shape index (κ1) is 9.07. The van der Waals surface area contributed by atoms with Gasteiger partial charge in [-0.15, -0.1) is 0 Å². The van der Waals surface area contributed by atoms with E-state index in [1.165, 1.54) is 12.1 Å². The minimum Gasteiger partial charge on any atom is -0.492 e. The molecule has 0 unspecified atom stereocenters. The summed E-state index contributed by atoms with van der Waals surface area (Å²) in [6, 6.07) is 4.33. The Labute approximate surface area is 71.4 Å². The van der Waals surface area contributed by atoms with Crippen molar-refractivity contribution in [3.8, 4) is 5.75 Å². The highest BCUT2D eigenvalue weighted by Crippen LogP contribution is 2.08. The summed E-state index contributed by atoms with van der Waals surface area (Å²) in [5.74, 6) is 0.164. The molecule has 0 bridgehead atoms. The fraction of sp³-hybridized carbons (Fsp3) is 0.250. The van der Waals surface area contributed by atoms with E-state index in [0.717, 1.165) is 5.46 Å². The van der Waals surface area contributed by atoms with Gasteiger partial charge in [0.2, 0.25) is 0 Å². The van der Waals surface area contributed by atoms with Gasteiger partial charge in [0.25, 0.3) is 0 Å². The monoisotopic (exact) mass is 168 g/mol.